The Hall–Kier alpha value is -3.17. The maximum Gasteiger partial charge on any atom is 0.260 e. The number of nitrogens with one attached hydrogen (secondary N) is 2. The van der Waals surface area contributed by atoms with Crippen LogP contribution in [0.1, 0.15) is 57.1 Å². The maximum absolute atomic E-state index is 13.0. The van der Waals surface area contributed by atoms with Gasteiger partial charge in [0.15, 0.2) is 0 Å². The number of benzene rings is 1. The van der Waals surface area contributed by atoms with E-state index in [0.29, 0.717) is 37.3 Å². The van der Waals surface area contributed by atoms with Crippen LogP contribution in [0.3, 0.4) is 0 Å². The van der Waals surface area contributed by atoms with Gasteiger partial charge in [-0.3, -0.25) is 19.3 Å². The molecule has 6 N–H and O–H groups in total. The summed E-state index contributed by atoms with van der Waals surface area (Å²) in [5, 5.41) is 28.1. The van der Waals surface area contributed by atoms with Gasteiger partial charge in [-0.25, -0.2) is 0 Å². The van der Waals surface area contributed by atoms with E-state index in [1.54, 1.807) is 12.1 Å². The molecule has 2 fully saturated rings. The summed E-state index contributed by atoms with van der Waals surface area (Å²) in [5.41, 5.74) is 6.69. The molecule has 1 aromatic carbocycles. The predicted octanol–water partition coefficient (Wildman–Crippen LogP) is 1.13. The number of fused-ring (bicyclic) bond motifs is 1. The molecule has 1 saturated heterocycles. The number of aromatic hydroxyl groups is 1. The van der Waals surface area contributed by atoms with Crippen LogP contribution in [0.25, 0.3) is 0 Å². The van der Waals surface area contributed by atoms with E-state index in [0.717, 1.165) is 29.8 Å². The number of carbonyl (C=O) groups excluding carboxylic acids is 3. The summed E-state index contributed by atoms with van der Waals surface area (Å²) in [5.74, 6) is -1.30. The molecule has 5 rings (SSSR count). The minimum atomic E-state index is -1.05. The normalized spacial score (nSPS) is 29.5. The third-order valence-corrected chi connectivity index (χ3v) is 8.97. The van der Waals surface area contributed by atoms with Gasteiger partial charge < -0.3 is 26.6 Å². The number of phenols is 1. The smallest absolute Gasteiger partial charge is 0.260 e. The summed E-state index contributed by atoms with van der Waals surface area (Å²) in [6.45, 7) is 8.77. The van der Waals surface area contributed by atoms with Crippen molar-refractivity contribution >= 4 is 17.7 Å². The quantitative estimate of drug-likeness (QED) is 0.212. The molecule has 0 aromatic heterocycles. The molecule has 4 aliphatic rings. The van der Waals surface area contributed by atoms with Gasteiger partial charge in [-0.15, -0.1) is 0 Å². The molecule has 0 radical (unpaired) electrons. The summed E-state index contributed by atoms with van der Waals surface area (Å²) >= 11 is 0. The molecule has 37 heavy (non-hydrogen) atoms. The number of piperidine rings is 1. The van der Waals surface area contributed by atoms with Crippen LogP contribution in [0.5, 0.6) is 5.75 Å². The number of rotatable bonds is 7. The number of hydrogen-bond acceptors (Lipinski definition) is 6. The Bertz CT molecular complexity index is 1220. The van der Waals surface area contributed by atoms with E-state index < -0.39 is 34.8 Å². The number of aliphatic hydroxyl groups is 1. The first-order valence-electron chi connectivity index (χ1n) is 13.0. The first-order valence-corrected chi connectivity index (χ1v) is 13.0. The molecule has 1 saturated carbocycles. The molecule has 1 heterocycles. The van der Waals surface area contributed by atoms with E-state index in [2.05, 4.69) is 22.1 Å². The van der Waals surface area contributed by atoms with Crippen molar-refractivity contribution in [3.05, 3.63) is 52.7 Å². The summed E-state index contributed by atoms with van der Waals surface area (Å²) in [4.78, 5) is 39.2. The minimum absolute atomic E-state index is 0.0536. The van der Waals surface area contributed by atoms with E-state index in [1.165, 1.54) is 19.8 Å². The fourth-order valence-electron chi connectivity index (χ4n) is 6.65. The van der Waals surface area contributed by atoms with Crippen LogP contribution in [-0.2, 0) is 26.2 Å². The van der Waals surface area contributed by atoms with Gasteiger partial charge in [-0.1, -0.05) is 18.2 Å². The molecule has 1 aromatic rings. The number of phenolic OH excluding ortho intramolecular Hbond substituents is 1. The van der Waals surface area contributed by atoms with Gasteiger partial charge in [0.25, 0.3) is 11.8 Å². The Labute approximate surface area is 216 Å². The van der Waals surface area contributed by atoms with Crippen LogP contribution in [-0.4, -0.2) is 63.6 Å². The molecule has 2 bridgehead atoms. The van der Waals surface area contributed by atoms with Crippen molar-refractivity contribution in [2.45, 2.75) is 75.5 Å². The lowest BCUT2D eigenvalue weighted by atomic mass is 9.49. The minimum Gasteiger partial charge on any atom is -0.508 e. The highest BCUT2D eigenvalue weighted by molar-refractivity contribution is 6.18. The largest absolute Gasteiger partial charge is 0.508 e. The highest BCUT2D eigenvalue weighted by Crippen LogP contribution is 2.59. The van der Waals surface area contributed by atoms with Crippen molar-refractivity contribution in [2.24, 2.45) is 11.7 Å². The second-order valence-electron chi connectivity index (χ2n) is 11.4. The van der Waals surface area contributed by atoms with E-state index in [1.807, 2.05) is 13.0 Å². The predicted molar refractivity (Wildman–Crippen MR) is 137 cm³/mol. The van der Waals surface area contributed by atoms with Crippen LogP contribution < -0.4 is 16.4 Å². The van der Waals surface area contributed by atoms with Gasteiger partial charge in [0.2, 0.25) is 5.91 Å². The van der Waals surface area contributed by atoms with Crippen molar-refractivity contribution < 1.29 is 24.6 Å². The summed E-state index contributed by atoms with van der Waals surface area (Å²) in [6, 6.07) is 4.43. The molecule has 1 aliphatic heterocycles. The second kappa shape index (κ2) is 8.99. The van der Waals surface area contributed by atoms with E-state index in [4.69, 9.17) is 5.73 Å². The average molecular weight is 509 g/mol. The van der Waals surface area contributed by atoms with Crippen LogP contribution in [0.2, 0.25) is 0 Å². The third-order valence-electron chi connectivity index (χ3n) is 8.97. The van der Waals surface area contributed by atoms with E-state index in [9.17, 15) is 24.6 Å². The number of nitrogens with two attached hydrogens (primary N) is 1. The second-order valence-corrected chi connectivity index (χ2v) is 11.4. The number of likely N-dealkylation sites (tertiary alicyclic amines) is 1. The van der Waals surface area contributed by atoms with Crippen molar-refractivity contribution in [1.29, 1.82) is 0 Å². The van der Waals surface area contributed by atoms with Gasteiger partial charge in [0, 0.05) is 36.5 Å². The number of hydrogen-bond donors (Lipinski definition) is 5. The van der Waals surface area contributed by atoms with Gasteiger partial charge in [-0.2, -0.15) is 0 Å². The zero-order valence-electron chi connectivity index (χ0n) is 21.5. The number of amides is 3. The van der Waals surface area contributed by atoms with Gasteiger partial charge in [0.1, 0.15) is 11.8 Å². The van der Waals surface area contributed by atoms with Crippen molar-refractivity contribution in [1.82, 2.24) is 15.5 Å². The van der Waals surface area contributed by atoms with Gasteiger partial charge >= 0.3 is 0 Å². The van der Waals surface area contributed by atoms with Crippen molar-refractivity contribution in [3.63, 3.8) is 0 Å². The van der Waals surface area contributed by atoms with Crippen molar-refractivity contribution in [2.75, 3.05) is 13.1 Å². The fraction of sp³-hybridized carbons (Fsp3) is 0.536. The maximum atomic E-state index is 13.0. The SMILES string of the molecule is C=C(C(=O)NC1=C(C)C[C@@]2(O)[C@H]3Cc4ccc(O)cc4[C@@]2(CCN3CC2CC2)C1)C(=O)N[C@@H](C)C(N)=O. The molecule has 0 unspecified atom stereocenters. The highest BCUT2D eigenvalue weighted by atomic mass is 16.3. The highest BCUT2D eigenvalue weighted by Gasteiger charge is 2.64. The third kappa shape index (κ3) is 4.24. The summed E-state index contributed by atoms with van der Waals surface area (Å²) in [6.07, 6.45) is 4.63. The van der Waals surface area contributed by atoms with Gasteiger partial charge in [-0.05, 0) is 75.3 Å². The van der Waals surface area contributed by atoms with Gasteiger partial charge in [0.05, 0.1) is 11.2 Å². The Balaban J connectivity index is 1.46. The lowest BCUT2D eigenvalue weighted by Crippen LogP contribution is -2.73. The molecule has 0 spiro atoms. The number of allylic oxidation sites excluding steroid dienone is 1. The molecule has 3 aliphatic carbocycles. The van der Waals surface area contributed by atoms with E-state index >= 15 is 0 Å². The van der Waals surface area contributed by atoms with Crippen LogP contribution in [0.4, 0.5) is 0 Å². The Kier molecular flexibility index (Phi) is 6.19. The molecule has 198 valence electrons. The Morgan fingerprint density at radius 1 is 1.24 bits per heavy atom. The number of primary amides is 1. The zero-order valence-corrected chi connectivity index (χ0v) is 21.5. The fourth-order valence-corrected chi connectivity index (χ4v) is 6.65. The Morgan fingerprint density at radius 3 is 2.65 bits per heavy atom. The lowest BCUT2D eigenvalue weighted by Gasteiger charge is -2.64. The first kappa shape index (κ1) is 25.5. The monoisotopic (exact) mass is 508 g/mol. The average Bonchev–Trinajstić information content (AvgIpc) is 3.65. The van der Waals surface area contributed by atoms with Crippen molar-refractivity contribution in [3.8, 4) is 5.75 Å². The first-order chi connectivity index (χ1) is 17.4. The molecular formula is C28H36N4O5. The molecule has 4 atom stereocenters. The molecule has 9 nitrogen and oxygen atoms in total. The zero-order chi connectivity index (χ0) is 26.7. The lowest BCUT2D eigenvalue weighted by molar-refractivity contribution is -0.152. The number of carbonyl (C=O) groups is 3. The van der Waals surface area contributed by atoms with Crippen LogP contribution in [0, 0.1) is 5.92 Å². The molecule has 9 heteroatoms. The van der Waals surface area contributed by atoms with Crippen LogP contribution >= 0.6 is 0 Å². The topological polar surface area (TPSA) is 145 Å². The molecule has 3 amide bonds. The molecular weight excluding hydrogens is 472 g/mol. The van der Waals surface area contributed by atoms with E-state index in [-0.39, 0.29) is 17.4 Å². The standard InChI is InChI=1S/C28H36N4O5/c1-15-12-28(37)23-10-19-6-7-20(33)11-21(19)27(28,8-9-32(23)14-18-4-5-18)13-22(15)31-26(36)16(2)25(35)30-17(3)24(29)34/h6-7,11,17-18,23,33,37H,2,4-5,8-10,12-14H2,1,3H3,(H2,29,34)(H,30,35)(H,31,36)/t17-,23+,27+,28+/m0/s1. The Morgan fingerprint density at radius 2 is 1.97 bits per heavy atom. The summed E-state index contributed by atoms with van der Waals surface area (Å²) in [7, 11) is 0. The summed E-state index contributed by atoms with van der Waals surface area (Å²) < 4.78 is 0. The number of nitrogens with zero attached hydrogens (tertiary/aromatic N) is 1. The van der Waals surface area contributed by atoms with Crippen LogP contribution in [0.15, 0.2) is 41.6 Å².